The van der Waals surface area contributed by atoms with E-state index in [1.165, 1.54) is 4.90 Å². The number of nitrogens with zero attached hydrogens (tertiary/aromatic N) is 2. The van der Waals surface area contributed by atoms with Crippen LogP contribution in [0.1, 0.15) is 12.5 Å². The lowest BCUT2D eigenvalue weighted by molar-refractivity contribution is -0.129. The van der Waals surface area contributed by atoms with Crippen molar-refractivity contribution in [2.45, 2.75) is 13.3 Å². The van der Waals surface area contributed by atoms with Gasteiger partial charge in [-0.25, -0.2) is 0 Å². The maximum atomic E-state index is 11.8. The number of carbonyl (C=O) groups is 1. The summed E-state index contributed by atoms with van der Waals surface area (Å²) in [6, 6.07) is 7.05. The molecule has 0 aliphatic heterocycles. The van der Waals surface area contributed by atoms with Crippen LogP contribution in [-0.2, 0) is 11.2 Å². The van der Waals surface area contributed by atoms with E-state index in [1.807, 2.05) is 13.0 Å². The number of amides is 1. The minimum atomic E-state index is -0.0903. The summed E-state index contributed by atoms with van der Waals surface area (Å²) in [4.78, 5) is 13.3. The first-order valence-corrected chi connectivity index (χ1v) is 5.92. The topological polar surface area (TPSA) is 44.1 Å². The summed E-state index contributed by atoms with van der Waals surface area (Å²) in [5.74, 6) is -0.0903. The second-order valence-corrected chi connectivity index (χ2v) is 4.31. The van der Waals surface area contributed by atoms with Gasteiger partial charge in [0, 0.05) is 6.54 Å². The van der Waals surface area contributed by atoms with Gasteiger partial charge in [0.25, 0.3) is 0 Å². The third kappa shape index (κ3) is 3.92. The summed E-state index contributed by atoms with van der Waals surface area (Å²) in [6.07, 6.45) is 0.229. The van der Waals surface area contributed by atoms with Crippen molar-refractivity contribution in [2.24, 2.45) is 0 Å². The molecular formula is C12H12Cl2N2O. The van der Waals surface area contributed by atoms with Crippen LogP contribution in [0.2, 0.25) is 10.0 Å². The molecule has 0 aliphatic carbocycles. The molecule has 5 heteroatoms. The smallest absolute Gasteiger partial charge is 0.227 e. The van der Waals surface area contributed by atoms with E-state index in [9.17, 15) is 4.79 Å². The lowest BCUT2D eigenvalue weighted by atomic mass is 10.1. The predicted octanol–water partition coefficient (Wildman–Crippen LogP) is 2.91. The highest BCUT2D eigenvalue weighted by Crippen LogP contribution is 2.22. The Morgan fingerprint density at radius 1 is 1.41 bits per heavy atom. The fourth-order valence-corrected chi connectivity index (χ4v) is 1.72. The molecule has 0 bridgehead atoms. The maximum absolute atomic E-state index is 11.8. The quantitative estimate of drug-likeness (QED) is 0.790. The monoisotopic (exact) mass is 270 g/mol. The minimum Gasteiger partial charge on any atom is -0.329 e. The SMILES string of the molecule is CCN(CC#N)C(=O)Cc1ccc(Cl)c(Cl)c1. The molecule has 0 saturated carbocycles. The Bertz CT molecular complexity index is 454. The molecule has 1 aromatic rings. The number of rotatable bonds is 4. The van der Waals surface area contributed by atoms with Crippen LogP contribution >= 0.6 is 23.2 Å². The van der Waals surface area contributed by atoms with Gasteiger partial charge in [-0.05, 0) is 24.6 Å². The molecule has 0 N–H and O–H groups in total. The van der Waals surface area contributed by atoms with Crippen molar-refractivity contribution in [1.29, 1.82) is 5.26 Å². The van der Waals surface area contributed by atoms with Gasteiger partial charge < -0.3 is 4.90 Å². The highest BCUT2D eigenvalue weighted by molar-refractivity contribution is 6.42. The summed E-state index contributed by atoms with van der Waals surface area (Å²) in [5, 5.41) is 9.48. The van der Waals surface area contributed by atoms with Crippen LogP contribution in [-0.4, -0.2) is 23.9 Å². The summed E-state index contributed by atoms with van der Waals surface area (Å²) in [5.41, 5.74) is 0.792. The van der Waals surface area contributed by atoms with Crippen LogP contribution in [0.15, 0.2) is 18.2 Å². The van der Waals surface area contributed by atoms with Gasteiger partial charge in [0.05, 0.1) is 22.5 Å². The summed E-state index contributed by atoms with van der Waals surface area (Å²) in [7, 11) is 0. The van der Waals surface area contributed by atoms with Crippen molar-refractivity contribution in [3.8, 4) is 6.07 Å². The summed E-state index contributed by atoms with van der Waals surface area (Å²) < 4.78 is 0. The average molecular weight is 271 g/mol. The number of benzene rings is 1. The van der Waals surface area contributed by atoms with Gasteiger partial charge >= 0.3 is 0 Å². The van der Waals surface area contributed by atoms with E-state index in [1.54, 1.807) is 18.2 Å². The largest absolute Gasteiger partial charge is 0.329 e. The normalized spacial score (nSPS) is 9.76. The first-order valence-electron chi connectivity index (χ1n) is 5.17. The van der Waals surface area contributed by atoms with Gasteiger partial charge in [-0.15, -0.1) is 0 Å². The molecule has 17 heavy (non-hydrogen) atoms. The zero-order valence-corrected chi connectivity index (χ0v) is 10.9. The zero-order valence-electron chi connectivity index (χ0n) is 9.41. The molecule has 0 fully saturated rings. The van der Waals surface area contributed by atoms with Gasteiger partial charge in [-0.1, -0.05) is 29.3 Å². The van der Waals surface area contributed by atoms with Gasteiger partial charge in [-0.2, -0.15) is 5.26 Å². The number of halogens is 2. The van der Waals surface area contributed by atoms with Gasteiger partial charge in [-0.3, -0.25) is 4.79 Å². The first kappa shape index (κ1) is 13.8. The van der Waals surface area contributed by atoms with Gasteiger partial charge in [0.1, 0.15) is 6.54 Å². The molecule has 3 nitrogen and oxygen atoms in total. The summed E-state index contributed by atoms with van der Waals surface area (Å²) >= 11 is 11.6. The van der Waals surface area contributed by atoms with Crippen molar-refractivity contribution in [3.63, 3.8) is 0 Å². The van der Waals surface area contributed by atoms with Crippen LogP contribution in [0.3, 0.4) is 0 Å². The van der Waals surface area contributed by atoms with Crippen molar-refractivity contribution < 1.29 is 4.79 Å². The Kier molecular flexibility index (Phi) is 5.27. The highest BCUT2D eigenvalue weighted by atomic mass is 35.5. The van der Waals surface area contributed by atoms with Crippen LogP contribution in [0, 0.1) is 11.3 Å². The number of likely N-dealkylation sites (N-methyl/N-ethyl adjacent to an activating group) is 1. The first-order chi connectivity index (χ1) is 8.08. The molecule has 90 valence electrons. The molecule has 0 aliphatic rings. The molecule has 0 radical (unpaired) electrons. The number of hydrogen-bond acceptors (Lipinski definition) is 2. The number of nitriles is 1. The van der Waals surface area contributed by atoms with E-state index < -0.39 is 0 Å². The van der Waals surface area contributed by atoms with Gasteiger partial charge in [0.15, 0.2) is 0 Å². The third-order valence-electron chi connectivity index (χ3n) is 2.34. The molecule has 0 atom stereocenters. The zero-order chi connectivity index (χ0) is 12.8. The maximum Gasteiger partial charge on any atom is 0.227 e. The lowest BCUT2D eigenvalue weighted by Crippen LogP contribution is -2.32. The molecule has 0 heterocycles. The standard InChI is InChI=1S/C12H12Cl2N2O/c1-2-16(6-5-15)12(17)8-9-3-4-10(13)11(14)7-9/h3-4,7H,2,6,8H2,1H3. The molecule has 0 unspecified atom stereocenters. The fraction of sp³-hybridized carbons (Fsp3) is 0.333. The third-order valence-corrected chi connectivity index (χ3v) is 3.07. The minimum absolute atomic E-state index is 0.0903. The van der Waals surface area contributed by atoms with Crippen LogP contribution in [0.5, 0.6) is 0 Å². The van der Waals surface area contributed by atoms with E-state index in [4.69, 9.17) is 28.5 Å². The van der Waals surface area contributed by atoms with Crippen molar-refractivity contribution >= 4 is 29.1 Å². The fourth-order valence-electron chi connectivity index (χ4n) is 1.40. The van der Waals surface area contributed by atoms with Crippen molar-refractivity contribution in [2.75, 3.05) is 13.1 Å². The second kappa shape index (κ2) is 6.48. The highest BCUT2D eigenvalue weighted by Gasteiger charge is 2.12. The Morgan fingerprint density at radius 2 is 2.12 bits per heavy atom. The molecule has 1 aromatic carbocycles. The lowest BCUT2D eigenvalue weighted by Gasteiger charge is -2.17. The van der Waals surface area contributed by atoms with E-state index in [-0.39, 0.29) is 18.9 Å². The molecular weight excluding hydrogens is 259 g/mol. The van der Waals surface area contributed by atoms with E-state index >= 15 is 0 Å². The second-order valence-electron chi connectivity index (χ2n) is 3.49. The molecule has 1 amide bonds. The average Bonchev–Trinajstić information content (AvgIpc) is 2.30. The Labute approximate surface area is 111 Å². The Hall–Kier alpha value is -1.24. The van der Waals surface area contributed by atoms with Crippen molar-refractivity contribution in [1.82, 2.24) is 4.90 Å². The van der Waals surface area contributed by atoms with E-state index in [0.717, 1.165) is 5.56 Å². The Morgan fingerprint density at radius 3 is 2.65 bits per heavy atom. The van der Waals surface area contributed by atoms with Gasteiger partial charge in [0.2, 0.25) is 5.91 Å². The Balaban J connectivity index is 2.73. The molecule has 0 saturated heterocycles. The molecule has 1 rings (SSSR count). The van der Waals surface area contributed by atoms with Crippen LogP contribution < -0.4 is 0 Å². The van der Waals surface area contributed by atoms with E-state index in [0.29, 0.717) is 16.6 Å². The number of hydrogen-bond donors (Lipinski definition) is 0. The van der Waals surface area contributed by atoms with Crippen LogP contribution in [0.4, 0.5) is 0 Å². The van der Waals surface area contributed by atoms with E-state index in [2.05, 4.69) is 0 Å². The van der Waals surface area contributed by atoms with Crippen molar-refractivity contribution in [3.05, 3.63) is 33.8 Å². The molecule has 0 spiro atoms. The predicted molar refractivity (Wildman–Crippen MR) is 68.0 cm³/mol. The summed E-state index contributed by atoms with van der Waals surface area (Å²) in [6.45, 7) is 2.47. The number of carbonyl (C=O) groups excluding carboxylic acids is 1. The van der Waals surface area contributed by atoms with Crippen LogP contribution in [0.25, 0.3) is 0 Å². The molecule has 0 aromatic heterocycles.